The number of halogens is 1. The Labute approximate surface area is 169 Å². The fourth-order valence-electron chi connectivity index (χ4n) is 2.73. The van der Waals surface area contributed by atoms with Gasteiger partial charge < -0.3 is 15.4 Å². The second-order valence-electron chi connectivity index (χ2n) is 6.48. The second-order valence-corrected chi connectivity index (χ2v) is 8.96. The molecule has 7 nitrogen and oxygen atoms in total. The average molecular weight is 424 g/mol. The van der Waals surface area contributed by atoms with E-state index >= 15 is 0 Å². The number of ether oxygens (including phenoxy) is 1. The summed E-state index contributed by atoms with van der Waals surface area (Å²) < 4.78 is 32.1. The number of sulfonamides is 1. The summed E-state index contributed by atoms with van der Waals surface area (Å²) in [5, 5.41) is 5.66. The molecule has 3 rings (SSSR count). The molecule has 2 aromatic rings. The van der Waals surface area contributed by atoms with Gasteiger partial charge >= 0.3 is 6.03 Å². The van der Waals surface area contributed by atoms with Crippen molar-refractivity contribution in [2.24, 2.45) is 0 Å². The Morgan fingerprint density at radius 2 is 1.68 bits per heavy atom. The van der Waals surface area contributed by atoms with Crippen molar-refractivity contribution in [3.05, 3.63) is 64.7 Å². The molecular weight excluding hydrogens is 402 g/mol. The third kappa shape index (κ3) is 5.93. The molecule has 0 bridgehead atoms. The lowest BCUT2D eigenvalue weighted by Gasteiger charge is -2.12. The van der Waals surface area contributed by atoms with Gasteiger partial charge in [0.2, 0.25) is 10.0 Å². The Hall–Kier alpha value is -2.13. The van der Waals surface area contributed by atoms with E-state index in [2.05, 4.69) is 15.4 Å². The fourth-order valence-corrected chi connectivity index (χ4v) is 4.14. The maximum absolute atomic E-state index is 12.2. The molecule has 2 amide bonds. The molecule has 1 atom stereocenters. The highest BCUT2D eigenvalue weighted by atomic mass is 35.5. The molecule has 1 fully saturated rings. The number of carbonyl (C=O) groups excluding carboxylic acids is 1. The summed E-state index contributed by atoms with van der Waals surface area (Å²) in [6.45, 7) is 1.30. The maximum atomic E-state index is 12.2. The number of urea groups is 1. The first-order chi connectivity index (χ1) is 13.4. The fraction of sp³-hybridized carbons (Fsp3) is 0.316. The molecule has 0 aromatic heterocycles. The monoisotopic (exact) mass is 423 g/mol. The van der Waals surface area contributed by atoms with Gasteiger partial charge in [-0.25, -0.2) is 17.9 Å². The largest absolute Gasteiger partial charge is 0.380 e. The van der Waals surface area contributed by atoms with Crippen molar-refractivity contribution in [1.82, 2.24) is 10.0 Å². The summed E-state index contributed by atoms with van der Waals surface area (Å²) in [5.41, 5.74) is 2.36. The van der Waals surface area contributed by atoms with Crippen LogP contribution in [0, 0.1) is 0 Å². The summed E-state index contributed by atoms with van der Waals surface area (Å²) in [7, 11) is -3.39. The van der Waals surface area contributed by atoms with Crippen molar-refractivity contribution in [3.8, 4) is 0 Å². The smallest absolute Gasteiger partial charge is 0.319 e. The minimum Gasteiger partial charge on any atom is -0.380 e. The first-order valence-corrected chi connectivity index (χ1v) is 10.8. The third-order valence-electron chi connectivity index (χ3n) is 4.38. The normalized spacial score (nSPS) is 16.7. The molecule has 1 aliphatic rings. The van der Waals surface area contributed by atoms with Crippen molar-refractivity contribution in [1.29, 1.82) is 0 Å². The van der Waals surface area contributed by atoms with Gasteiger partial charge in [-0.1, -0.05) is 35.9 Å². The van der Waals surface area contributed by atoms with E-state index < -0.39 is 15.3 Å². The summed E-state index contributed by atoms with van der Waals surface area (Å²) >= 11 is 5.83. The minimum absolute atomic E-state index is 0.196. The highest BCUT2D eigenvalue weighted by molar-refractivity contribution is 7.90. The van der Waals surface area contributed by atoms with Gasteiger partial charge in [0.1, 0.15) is 5.25 Å². The van der Waals surface area contributed by atoms with E-state index in [4.69, 9.17) is 16.3 Å². The number of benzene rings is 2. The highest BCUT2D eigenvalue weighted by Crippen LogP contribution is 2.14. The van der Waals surface area contributed by atoms with Crippen LogP contribution in [0.4, 0.5) is 10.5 Å². The van der Waals surface area contributed by atoms with Gasteiger partial charge in [-0.15, -0.1) is 0 Å². The first kappa shape index (κ1) is 20.6. The Kier molecular flexibility index (Phi) is 6.90. The van der Waals surface area contributed by atoms with Crippen molar-refractivity contribution >= 4 is 33.3 Å². The molecule has 0 saturated carbocycles. The number of nitrogens with one attached hydrogen (secondary N) is 3. The van der Waals surface area contributed by atoms with Gasteiger partial charge in [-0.05, 0) is 41.8 Å². The van der Waals surface area contributed by atoms with E-state index in [9.17, 15) is 13.2 Å². The molecular formula is C19H22ClN3O4S. The number of rotatable bonds is 7. The van der Waals surface area contributed by atoms with Crippen molar-refractivity contribution in [2.45, 2.75) is 24.8 Å². The molecule has 1 aliphatic heterocycles. The number of hydrogen-bond acceptors (Lipinski definition) is 4. The van der Waals surface area contributed by atoms with E-state index in [1.165, 1.54) is 0 Å². The quantitative estimate of drug-likeness (QED) is 0.638. The van der Waals surface area contributed by atoms with Crippen LogP contribution in [0.5, 0.6) is 0 Å². The SMILES string of the molecule is O=C(NCc1ccc(Cl)cc1)Nc1ccc(CNS(=O)(=O)C2CCOC2)cc1. The van der Waals surface area contributed by atoms with Crippen molar-refractivity contribution in [2.75, 3.05) is 18.5 Å². The van der Waals surface area contributed by atoms with E-state index in [0.29, 0.717) is 30.3 Å². The topological polar surface area (TPSA) is 96.5 Å². The Bertz CT molecular complexity index is 896. The van der Waals surface area contributed by atoms with Crippen LogP contribution in [-0.2, 0) is 27.8 Å². The van der Waals surface area contributed by atoms with Gasteiger partial charge in [0.25, 0.3) is 0 Å². The number of anilines is 1. The third-order valence-corrected chi connectivity index (χ3v) is 6.43. The molecule has 28 heavy (non-hydrogen) atoms. The highest BCUT2D eigenvalue weighted by Gasteiger charge is 2.29. The van der Waals surface area contributed by atoms with Crippen molar-refractivity contribution < 1.29 is 17.9 Å². The zero-order valence-electron chi connectivity index (χ0n) is 15.2. The summed E-state index contributed by atoms with van der Waals surface area (Å²) in [4.78, 5) is 12.0. The van der Waals surface area contributed by atoms with Crippen LogP contribution in [0.15, 0.2) is 48.5 Å². The van der Waals surface area contributed by atoms with Crippen LogP contribution in [0.1, 0.15) is 17.5 Å². The van der Waals surface area contributed by atoms with Crippen LogP contribution in [-0.4, -0.2) is 32.9 Å². The van der Waals surface area contributed by atoms with E-state index in [-0.39, 0.29) is 19.2 Å². The molecule has 0 radical (unpaired) electrons. The number of hydrogen-bond donors (Lipinski definition) is 3. The van der Waals surface area contributed by atoms with E-state index in [1.807, 2.05) is 12.1 Å². The number of carbonyl (C=O) groups is 1. The van der Waals surface area contributed by atoms with Gasteiger partial charge in [0.05, 0.1) is 6.61 Å². The van der Waals surface area contributed by atoms with Crippen LogP contribution >= 0.6 is 11.6 Å². The van der Waals surface area contributed by atoms with Gasteiger partial charge in [0.15, 0.2) is 0 Å². The molecule has 2 aromatic carbocycles. The number of amides is 2. The lowest BCUT2D eigenvalue weighted by Crippen LogP contribution is -2.34. The second kappa shape index (κ2) is 9.38. The zero-order chi connectivity index (χ0) is 20.0. The molecule has 1 unspecified atom stereocenters. The summed E-state index contributed by atoms with van der Waals surface area (Å²) in [5.74, 6) is 0. The van der Waals surface area contributed by atoms with Crippen LogP contribution in [0.3, 0.4) is 0 Å². The minimum atomic E-state index is -3.39. The maximum Gasteiger partial charge on any atom is 0.319 e. The van der Waals surface area contributed by atoms with Gasteiger partial charge in [-0.2, -0.15) is 0 Å². The lowest BCUT2D eigenvalue weighted by molar-refractivity contribution is 0.198. The molecule has 1 saturated heterocycles. The molecule has 3 N–H and O–H groups in total. The Morgan fingerprint density at radius 3 is 2.32 bits per heavy atom. The molecule has 1 heterocycles. The van der Waals surface area contributed by atoms with Gasteiger partial charge in [0, 0.05) is 30.4 Å². The van der Waals surface area contributed by atoms with Crippen LogP contribution in [0.2, 0.25) is 5.02 Å². The Balaban J connectivity index is 1.45. The van der Waals surface area contributed by atoms with Crippen molar-refractivity contribution in [3.63, 3.8) is 0 Å². The molecule has 9 heteroatoms. The predicted octanol–water partition coefficient (Wildman–Crippen LogP) is 2.87. The lowest BCUT2D eigenvalue weighted by atomic mass is 10.2. The Morgan fingerprint density at radius 1 is 1.04 bits per heavy atom. The average Bonchev–Trinajstić information content (AvgIpc) is 3.23. The molecule has 0 spiro atoms. The predicted molar refractivity (Wildman–Crippen MR) is 109 cm³/mol. The van der Waals surface area contributed by atoms with Crippen LogP contribution < -0.4 is 15.4 Å². The van der Waals surface area contributed by atoms with Gasteiger partial charge in [-0.3, -0.25) is 0 Å². The summed E-state index contributed by atoms with van der Waals surface area (Å²) in [6, 6.07) is 13.9. The van der Waals surface area contributed by atoms with E-state index in [0.717, 1.165) is 11.1 Å². The zero-order valence-corrected chi connectivity index (χ0v) is 16.7. The summed E-state index contributed by atoms with van der Waals surface area (Å²) in [6.07, 6.45) is 0.517. The molecule has 150 valence electrons. The standard InChI is InChI=1S/C19H22ClN3O4S/c20-16-5-1-14(2-6-16)11-21-19(24)23-17-7-3-15(4-8-17)12-22-28(25,26)18-9-10-27-13-18/h1-8,18,22H,9-13H2,(H2,21,23,24). The van der Waals surface area contributed by atoms with Crippen LogP contribution in [0.25, 0.3) is 0 Å². The first-order valence-electron chi connectivity index (χ1n) is 8.87. The van der Waals surface area contributed by atoms with E-state index in [1.54, 1.807) is 36.4 Å². The molecule has 0 aliphatic carbocycles.